The minimum absolute atomic E-state index is 0.222. The van der Waals surface area contributed by atoms with E-state index >= 15 is 0 Å². The molecule has 0 spiro atoms. The number of hydrogen-bond donors (Lipinski definition) is 2. The van der Waals surface area contributed by atoms with Crippen molar-refractivity contribution in [1.82, 2.24) is 0 Å². The van der Waals surface area contributed by atoms with Crippen LogP contribution in [0.4, 0.5) is 0 Å². The standard InChI is InChI=1S/C8H14O2.C5H10.C3H6O2/c9-8(10)6-5-7-3-1-2-4-7;1-2-4-5-3-1;1-2-3(4)5/h7H,1-6H2,(H,9,10);1-5H2;2H2,1H3,(H,4,5). The lowest BCUT2D eigenvalue weighted by Crippen LogP contribution is -1.99. The molecular weight excluding hydrogens is 256 g/mol. The zero-order valence-electron chi connectivity index (χ0n) is 12.8. The van der Waals surface area contributed by atoms with Gasteiger partial charge in [-0.3, -0.25) is 9.59 Å². The molecule has 2 saturated carbocycles. The molecule has 2 fully saturated rings. The molecule has 2 N–H and O–H groups in total. The minimum Gasteiger partial charge on any atom is -0.481 e. The fraction of sp³-hybridized carbons (Fsp3) is 0.875. The third kappa shape index (κ3) is 13.4. The lowest BCUT2D eigenvalue weighted by molar-refractivity contribution is -0.138. The van der Waals surface area contributed by atoms with Gasteiger partial charge in [0, 0.05) is 12.8 Å². The molecule has 0 heterocycles. The van der Waals surface area contributed by atoms with E-state index in [4.69, 9.17) is 10.2 Å². The molecule has 2 aliphatic rings. The van der Waals surface area contributed by atoms with Gasteiger partial charge in [0.2, 0.25) is 0 Å². The quantitative estimate of drug-likeness (QED) is 0.799. The Morgan fingerprint density at radius 3 is 1.55 bits per heavy atom. The van der Waals surface area contributed by atoms with Crippen LogP contribution in [0.3, 0.4) is 0 Å². The van der Waals surface area contributed by atoms with Crippen LogP contribution in [0.1, 0.15) is 84.0 Å². The number of carboxylic acids is 2. The average molecular weight is 286 g/mol. The predicted molar refractivity (Wildman–Crippen MR) is 79.8 cm³/mol. The van der Waals surface area contributed by atoms with E-state index in [1.165, 1.54) is 57.8 Å². The van der Waals surface area contributed by atoms with Gasteiger partial charge in [-0.1, -0.05) is 64.7 Å². The van der Waals surface area contributed by atoms with Gasteiger partial charge in [0.15, 0.2) is 0 Å². The van der Waals surface area contributed by atoms with Crippen molar-refractivity contribution < 1.29 is 19.8 Å². The van der Waals surface area contributed by atoms with Crippen molar-refractivity contribution in [3.05, 3.63) is 0 Å². The van der Waals surface area contributed by atoms with Crippen LogP contribution >= 0.6 is 0 Å². The Bertz CT molecular complexity index is 246. The summed E-state index contributed by atoms with van der Waals surface area (Å²) in [6.07, 6.45) is 14.1. The lowest BCUT2D eigenvalue weighted by Gasteiger charge is -2.04. The molecule has 0 aromatic carbocycles. The van der Waals surface area contributed by atoms with E-state index in [2.05, 4.69) is 0 Å². The first kappa shape index (κ1) is 18.9. The van der Waals surface area contributed by atoms with E-state index in [9.17, 15) is 9.59 Å². The monoisotopic (exact) mass is 286 g/mol. The summed E-state index contributed by atoms with van der Waals surface area (Å²) >= 11 is 0. The molecule has 0 atom stereocenters. The third-order valence-electron chi connectivity index (χ3n) is 3.79. The number of hydrogen-bond acceptors (Lipinski definition) is 2. The number of carbonyl (C=O) groups is 2. The Morgan fingerprint density at radius 1 is 0.850 bits per heavy atom. The van der Waals surface area contributed by atoms with Crippen molar-refractivity contribution >= 4 is 11.9 Å². The lowest BCUT2D eigenvalue weighted by atomic mass is 10.0. The fourth-order valence-electron chi connectivity index (χ4n) is 2.51. The highest BCUT2D eigenvalue weighted by Gasteiger charge is 2.15. The minimum atomic E-state index is -0.745. The first-order valence-electron chi connectivity index (χ1n) is 7.99. The highest BCUT2D eigenvalue weighted by Crippen LogP contribution is 2.28. The Labute approximate surface area is 122 Å². The summed E-state index contributed by atoms with van der Waals surface area (Å²) < 4.78 is 0. The van der Waals surface area contributed by atoms with Crippen LogP contribution in [0.15, 0.2) is 0 Å². The molecule has 0 aromatic rings. The van der Waals surface area contributed by atoms with E-state index in [-0.39, 0.29) is 6.42 Å². The van der Waals surface area contributed by atoms with Gasteiger partial charge in [0.1, 0.15) is 0 Å². The topological polar surface area (TPSA) is 74.6 Å². The van der Waals surface area contributed by atoms with Gasteiger partial charge in [0.25, 0.3) is 0 Å². The number of rotatable bonds is 4. The molecule has 4 heteroatoms. The van der Waals surface area contributed by atoms with E-state index in [0.29, 0.717) is 6.42 Å². The SMILES string of the molecule is C1CCCC1.CCC(=O)O.O=C(O)CCC1CCCC1. The third-order valence-corrected chi connectivity index (χ3v) is 3.79. The Morgan fingerprint density at radius 2 is 1.25 bits per heavy atom. The molecule has 2 rings (SSSR count). The molecule has 0 saturated heterocycles. The van der Waals surface area contributed by atoms with Gasteiger partial charge >= 0.3 is 11.9 Å². The second-order valence-corrected chi connectivity index (χ2v) is 5.60. The molecule has 0 amide bonds. The summed E-state index contributed by atoms with van der Waals surface area (Å²) in [5.41, 5.74) is 0. The van der Waals surface area contributed by atoms with Gasteiger partial charge in [-0.25, -0.2) is 0 Å². The van der Waals surface area contributed by atoms with Crippen LogP contribution in [-0.4, -0.2) is 22.2 Å². The smallest absolute Gasteiger partial charge is 0.303 e. The molecule has 0 aliphatic heterocycles. The maximum atomic E-state index is 10.2. The highest BCUT2D eigenvalue weighted by atomic mass is 16.4. The van der Waals surface area contributed by atoms with Crippen LogP contribution in [0.5, 0.6) is 0 Å². The molecule has 0 unspecified atom stereocenters. The molecule has 20 heavy (non-hydrogen) atoms. The van der Waals surface area contributed by atoms with Crippen LogP contribution in [0, 0.1) is 5.92 Å². The Hall–Kier alpha value is -1.06. The van der Waals surface area contributed by atoms with Gasteiger partial charge in [0.05, 0.1) is 0 Å². The zero-order chi connectivity index (χ0) is 15.2. The van der Waals surface area contributed by atoms with Crippen LogP contribution in [-0.2, 0) is 9.59 Å². The Balaban J connectivity index is 0.000000304. The van der Waals surface area contributed by atoms with Crippen LogP contribution < -0.4 is 0 Å². The maximum Gasteiger partial charge on any atom is 0.303 e. The van der Waals surface area contributed by atoms with E-state index in [1.54, 1.807) is 6.92 Å². The van der Waals surface area contributed by atoms with Gasteiger partial charge in [-0.05, 0) is 12.3 Å². The van der Waals surface area contributed by atoms with Crippen molar-refractivity contribution in [3.8, 4) is 0 Å². The van der Waals surface area contributed by atoms with Gasteiger partial charge in [-0.15, -0.1) is 0 Å². The molecule has 0 radical (unpaired) electrons. The van der Waals surface area contributed by atoms with Gasteiger partial charge < -0.3 is 10.2 Å². The number of carboxylic acid groups (broad SMARTS) is 2. The van der Waals surface area contributed by atoms with Crippen molar-refractivity contribution in [3.63, 3.8) is 0 Å². The summed E-state index contributed by atoms with van der Waals surface area (Å²) in [6, 6.07) is 0. The largest absolute Gasteiger partial charge is 0.481 e. The molecule has 0 aromatic heterocycles. The van der Waals surface area contributed by atoms with Crippen molar-refractivity contribution in [1.29, 1.82) is 0 Å². The first-order valence-corrected chi connectivity index (χ1v) is 7.99. The number of aliphatic carboxylic acids is 2. The molecule has 0 bridgehead atoms. The van der Waals surface area contributed by atoms with Crippen molar-refractivity contribution in [2.45, 2.75) is 84.0 Å². The van der Waals surface area contributed by atoms with E-state index in [1.807, 2.05) is 0 Å². The normalized spacial score (nSPS) is 17.6. The average Bonchev–Trinajstić information content (AvgIpc) is 3.12. The van der Waals surface area contributed by atoms with Crippen LogP contribution in [0.25, 0.3) is 0 Å². The highest BCUT2D eigenvalue weighted by molar-refractivity contribution is 5.66. The molecule has 118 valence electrons. The summed E-state index contributed by atoms with van der Waals surface area (Å²) in [6.45, 7) is 1.60. The molecule has 2 aliphatic carbocycles. The zero-order valence-corrected chi connectivity index (χ0v) is 12.8. The summed E-state index contributed by atoms with van der Waals surface area (Å²) in [5.74, 6) is -0.673. The first-order chi connectivity index (χ1) is 9.56. The van der Waals surface area contributed by atoms with Crippen molar-refractivity contribution in [2.75, 3.05) is 0 Å². The van der Waals surface area contributed by atoms with Crippen molar-refractivity contribution in [2.24, 2.45) is 5.92 Å². The summed E-state index contributed by atoms with van der Waals surface area (Å²) in [7, 11) is 0. The Kier molecular flexibility index (Phi) is 12.3. The molecular formula is C16H30O4. The predicted octanol–water partition coefficient (Wildman–Crippen LogP) is 4.47. The van der Waals surface area contributed by atoms with E-state index in [0.717, 1.165) is 12.3 Å². The second-order valence-electron chi connectivity index (χ2n) is 5.60. The van der Waals surface area contributed by atoms with Gasteiger partial charge in [-0.2, -0.15) is 0 Å². The molecule has 4 nitrogen and oxygen atoms in total. The van der Waals surface area contributed by atoms with E-state index < -0.39 is 11.9 Å². The summed E-state index contributed by atoms with van der Waals surface area (Å²) in [4.78, 5) is 19.5. The summed E-state index contributed by atoms with van der Waals surface area (Å²) in [5, 5.41) is 16.1. The maximum absolute atomic E-state index is 10.2. The second kappa shape index (κ2) is 12.9. The van der Waals surface area contributed by atoms with Crippen LogP contribution in [0.2, 0.25) is 0 Å². The fourth-order valence-corrected chi connectivity index (χ4v) is 2.51.